The van der Waals surface area contributed by atoms with Crippen LogP contribution >= 0.6 is 11.3 Å². The van der Waals surface area contributed by atoms with Crippen molar-refractivity contribution in [2.24, 2.45) is 23.7 Å². The molecule has 1 N–H and O–H groups in total. The van der Waals surface area contributed by atoms with Crippen LogP contribution in [-0.4, -0.2) is 29.5 Å². The number of thiazole rings is 1. The molecule has 4 aliphatic carbocycles. The van der Waals surface area contributed by atoms with Crippen LogP contribution in [-0.2, 0) is 4.79 Å². The SMILES string of the molecule is O=C(NC12CC3CC(CC(C3)C1)C2)C1CCN(c2nc3ccccc3s2)CC1. The number of nitrogens with one attached hydrogen (secondary N) is 1. The summed E-state index contributed by atoms with van der Waals surface area (Å²) in [5.74, 6) is 3.16. The number of benzene rings is 1. The number of rotatable bonds is 3. The van der Waals surface area contributed by atoms with Gasteiger partial charge in [0.05, 0.1) is 10.2 Å². The van der Waals surface area contributed by atoms with E-state index in [0.29, 0.717) is 5.91 Å². The van der Waals surface area contributed by atoms with Gasteiger partial charge in [-0.05, 0) is 81.3 Å². The van der Waals surface area contributed by atoms with Crippen molar-refractivity contribution >= 4 is 32.6 Å². The van der Waals surface area contributed by atoms with Crippen LogP contribution in [0.3, 0.4) is 0 Å². The first-order chi connectivity index (χ1) is 13.7. The third-order valence-electron chi connectivity index (χ3n) is 7.85. The van der Waals surface area contributed by atoms with Crippen molar-refractivity contribution in [3.05, 3.63) is 24.3 Å². The lowest BCUT2D eigenvalue weighted by Gasteiger charge is -2.57. The van der Waals surface area contributed by atoms with E-state index in [1.54, 1.807) is 11.3 Å². The number of anilines is 1. The third-order valence-corrected chi connectivity index (χ3v) is 8.94. The second-order valence-electron chi connectivity index (χ2n) is 9.91. The van der Waals surface area contributed by atoms with Crippen LogP contribution in [0.15, 0.2) is 24.3 Å². The Morgan fingerprint density at radius 3 is 2.32 bits per heavy atom. The minimum absolute atomic E-state index is 0.149. The first kappa shape index (κ1) is 17.3. The van der Waals surface area contributed by atoms with Crippen molar-refractivity contribution in [1.82, 2.24) is 10.3 Å². The quantitative estimate of drug-likeness (QED) is 0.826. The van der Waals surface area contributed by atoms with Gasteiger partial charge in [-0.25, -0.2) is 4.98 Å². The van der Waals surface area contributed by atoms with Crippen molar-refractivity contribution in [2.45, 2.75) is 56.9 Å². The molecule has 1 saturated heterocycles. The van der Waals surface area contributed by atoms with Crippen molar-refractivity contribution in [3.63, 3.8) is 0 Å². The van der Waals surface area contributed by atoms with E-state index in [0.717, 1.165) is 54.3 Å². The van der Waals surface area contributed by atoms with E-state index in [-0.39, 0.29) is 11.5 Å². The molecule has 0 spiro atoms. The smallest absolute Gasteiger partial charge is 0.223 e. The van der Waals surface area contributed by atoms with Crippen LogP contribution < -0.4 is 10.2 Å². The minimum atomic E-state index is 0.149. The summed E-state index contributed by atoms with van der Waals surface area (Å²) in [5.41, 5.74) is 1.24. The van der Waals surface area contributed by atoms with Gasteiger partial charge in [0, 0.05) is 24.5 Å². The lowest BCUT2D eigenvalue weighted by atomic mass is 9.53. The Bertz CT molecular complexity index is 830. The Morgan fingerprint density at radius 1 is 1.04 bits per heavy atom. The van der Waals surface area contributed by atoms with Crippen molar-refractivity contribution in [2.75, 3.05) is 18.0 Å². The van der Waals surface area contributed by atoms with Crippen LogP contribution in [0.2, 0.25) is 0 Å². The molecule has 0 radical (unpaired) electrons. The number of carbonyl (C=O) groups excluding carboxylic acids is 1. The average molecular weight is 396 g/mol. The molecule has 4 nitrogen and oxygen atoms in total. The van der Waals surface area contributed by atoms with Gasteiger partial charge < -0.3 is 10.2 Å². The lowest BCUT2D eigenvalue weighted by Crippen LogP contribution is -2.61. The van der Waals surface area contributed by atoms with Crippen molar-refractivity contribution in [1.29, 1.82) is 0 Å². The lowest BCUT2D eigenvalue weighted by molar-refractivity contribution is -0.131. The average Bonchev–Trinajstić information content (AvgIpc) is 3.11. The summed E-state index contributed by atoms with van der Waals surface area (Å²) in [6.07, 6.45) is 9.92. The maximum absolute atomic E-state index is 13.1. The maximum atomic E-state index is 13.1. The van der Waals surface area contributed by atoms with E-state index < -0.39 is 0 Å². The maximum Gasteiger partial charge on any atom is 0.223 e. The number of carbonyl (C=O) groups is 1. The molecule has 1 aromatic heterocycles. The number of aromatic nitrogens is 1. The molecule has 4 saturated carbocycles. The topological polar surface area (TPSA) is 45.2 Å². The van der Waals surface area contributed by atoms with Crippen LogP contribution in [0.1, 0.15) is 51.4 Å². The van der Waals surface area contributed by atoms with Crippen LogP contribution in [0, 0.1) is 23.7 Å². The number of hydrogen-bond donors (Lipinski definition) is 1. The number of para-hydroxylation sites is 1. The molecule has 0 unspecified atom stereocenters. The summed E-state index contributed by atoms with van der Waals surface area (Å²) in [5, 5.41) is 4.71. The fraction of sp³-hybridized carbons (Fsp3) is 0.652. The van der Waals surface area contributed by atoms with Gasteiger partial charge in [0.25, 0.3) is 0 Å². The van der Waals surface area contributed by atoms with E-state index >= 15 is 0 Å². The number of hydrogen-bond acceptors (Lipinski definition) is 4. The predicted molar refractivity (Wildman–Crippen MR) is 114 cm³/mol. The van der Waals surface area contributed by atoms with Gasteiger partial charge >= 0.3 is 0 Å². The zero-order valence-electron chi connectivity index (χ0n) is 16.4. The molecule has 28 heavy (non-hydrogen) atoms. The summed E-state index contributed by atoms with van der Waals surface area (Å²) < 4.78 is 1.25. The molecule has 1 aliphatic heterocycles. The zero-order valence-corrected chi connectivity index (χ0v) is 17.2. The van der Waals surface area contributed by atoms with E-state index in [2.05, 4.69) is 28.4 Å². The second kappa shape index (κ2) is 6.45. The monoisotopic (exact) mass is 395 g/mol. The standard InChI is InChI=1S/C23H29N3OS/c27-21(25-23-12-15-9-16(13-23)11-17(10-15)14-23)18-5-7-26(8-6-18)22-24-19-3-1-2-4-20(19)28-22/h1-4,15-18H,5-14H2,(H,25,27). The Balaban J connectivity index is 1.10. The van der Waals surface area contributed by atoms with Crippen molar-refractivity contribution in [3.8, 4) is 0 Å². The van der Waals surface area contributed by atoms with Gasteiger partial charge in [0.1, 0.15) is 0 Å². The predicted octanol–water partition coefficient (Wildman–Crippen LogP) is 4.60. The summed E-state index contributed by atoms with van der Waals surface area (Å²) in [6, 6.07) is 8.35. The first-order valence-corrected chi connectivity index (χ1v) is 11.9. The van der Waals surface area contributed by atoms with Gasteiger partial charge in [-0.2, -0.15) is 0 Å². The fourth-order valence-electron chi connectivity index (χ4n) is 6.96. The second-order valence-corrected chi connectivity index (χ2v) is 10.9. The molecule has 7 rings (SSSR count). The summed E-state index contributed by atoms with van der Waals surface area (Å²) in [4.78, 5) is 20.3. The molecule has 5 heteroatoms. The first-order valence-electron chi connectivity index (χ1n) is 11.1. The zero-order chi connectivity index (χ0) is 18.7. The molecular formula is C23H29N3OS. The van der Waals surface area contributed by atoms with Gasteiger partial charge in [-0.3, -0.25) is 4.79 Å². The van der Waals surface area contributed by atoms with Crippen LogP contribution in [0.25, 0.3) is 10.2 Å². The number of fused-ring (bicyclic) bond motifs is 1. The minimum Gasteiger partial charge on any atom is -0.350 e. The van der Waals surface area contributed by atoms with Crippen molar-refractivity contribution < 1.29 is 4.79 Å². The van der Waals surface area contributed by atoms with Crippen LogP contribution in [0.5, 0.6) is 0 Å². The molecule has 5 aliphatic rings. The van der Waals surface area contributed by atoms with E-state index in [1.165, 1.54) is 43.2 Å². The van der Waals surface area contributed by atoms with E-state index in [4.69, 9.17) is 4.98 Å². The van der Waals surface area contributed by atoms with E-state index in [1.807, 2.05) is 6.07 Å². The summed E-state index contributed by atoms with van der Waals surface area (Å²) >= 11 is 1.77. The number of nitrogens with zero attached hydrogens (tertiary/aromatic N) is 2. The highest BCUT2D eigenvalue weighted by Gasteiger charge is 2.51. The number of amides is 1. The molecule has 1 amide bonds. The molecule has 2 aromatic rings. The van der Waals surface area contributed by atoms with Gasteiger partial charge in [0.15, 0.2) is 5.13 Å². The highest BCUT2D eigenvalue weighted by molar-refractivity contribution is 7.22. The van der Waals surface area contributed by atoms with E-state index in [9.17, 15) is 4.79 Å². The highest BCUT2D eigenvalue weighted by atomic mass is 32.1. The Kier molecular flexibility index (Phi) is 3.97. The van der Waals surface area contributed by atoms with Gasteiger partial charge in [-0.15, -0.1) is 0 Å². The molecule has 4 bridgehead atoms. The molecular weight excluding hydrogens is 366 g/mol. The summed E-state index contributed by atoms with van der Waals surface area (Å²) in [6.45, 7) is 1.89. The Labute approximate surface area is 170 Å². The normalized spacial score (nSPS) is 34.9. The van der Waals surface area contributed by atoms with Crippen LogP contribution in [0.4, 0.5) is 5.13 Å². The van der Waals surface area contributed by atoms with Gasteiger partial charge in [-0.1, -0.05) is 23.5 Å². The molecule has 0 atom stereocenters. The Hall–Kier alpha value is -1.62. The Morgan fingerprint density at radius 2 is 1.68 bits per heavy atom. The molecule has 2 heterocycles. The highest BCUT2D eigenvalue weighted by Crippen LogP contribution is 2.55. The largest absolute Gasteiger partial charge is 0.350 e. The fourth-order valence-corrected chi connectivity index (χ4v) is 7.97. The van der Waals surface area contributed by atoms with Gasteiger partial charge in [0.2, 0.25) is 5.91 Å². The third kappa shape index (κ3) is 2.94. The number of piperidine rings is 1. The molecule has 1 aromatic carbocycles. The molecule has 5 fully saturated rings. The summed E-state index contributed by atoms with van der Waals surface area (Å²) in [7, 11) is 0. The molecule has 148 valence electrons.